The molecule has 0 N–H and O–H groups in total. The Morgan fingerprint density at radius 3 is 1.93 bits per heavy atom. The van der Waals surface area contributed by atoms with Crippen LogP contribution in [-0.4, -0.2) is 11.8 Å². The standard InChI is InChI=1S/C20H15N2.BF4/c1-21-11-12-22(13-21)18-10-8-16-6-5-14-3-2-4-15-7-9-17(18)20(16)19(14)15;2-1(3,4)5/h2-13H,1H3;/q+1;-1. The minimum absolute atomic E-state index is 1.23. The number of halogens is 4. The number of nitrogens with zero attached hydrogens (tertiary/aromatic N) is 2. The maximum absolute atomic E-state index is 9.75. The molecule has 0 aliphatic rings. The van der Waals surface area contributed by atoms with Crippen molar-refractivity contribution >= 4 is 39.6 Å². The van der Waals surface area contributed by atoms with Crippen LogP contribution in [0.3, 0.4) is 0 Å². The maximum atomic E-state index is 9.75. The molecule has 0 radical (unpaired) electrons. The molecule has 1 heterocycles. The van der Waals surface area contributed by atoms with Gasteiger partial charge in [-0.3, -0.25) is 0 Å². The molecule has 5 rings (SSSR count). The van der Waals surface area contributed by atoms with Crippen LogP contribution in [0.1, 0.15) is 0 Å². The van der Waals surface area contributed by atoms with E-state index >= 15 is 0 Å². The molecule has 0 bridgehead atoms. The normalized spacial score (nSPS) is 11.9. The Labute approximate surface area is 152 Å². The van der Waals surface area contributed by atoms with Gasteiger partial charge in [-0.05, 0) is 33.7 Å². The molecule has 0 aliphatic carbocycles. The molecule has 4 aromatic carbocycles. The molecule has 0 aliphatic heterocycles. The van der Waals surface area contributed by atoms with Crippen molar-refractivity contribution in [2.24, 2.45) is 7.05 Å². The molecule has 0 unspecified atom stereocenters. The summed E-state index contributed by atoms with van der Waals surface area (Å²) in [5.41, 5.74) is 1.23. The Morgan fingerprint density at radius 2 is 1.33 bits per heavy atom. The lowest BCUT2D eigenvalue weighted by Crippen LogP contribution is -2.23. The van der Waals surface area contributed by atoms with E-state index < -0.39 is 7.25 Å². The Hall–Kier alpha value is -3.09. The van der Waals surface area contributed by atoms with E-state index in [4.69, 9.17) is 0 Å². The highest BCUT2D eigenvalue weighted by atomic mass is 19.5. The third kappa shape index (κ3) is 3.32. The van der Waals surface area contributed by atoms with Gasteiger partial charge in [0.1, 0.15) is 18.1 Å². The number of benzene rings is 4. The van der Waals surface area contributed by atoms with Gasteiger partial charge in [-0.15, -0.1) is 0 Å². The first kappa shape index (κ1) is 17.3. The largest absolute Gasteiger partial charge is 0.673 e. The quantitative estimate of drug-likeness (QED) is 0.160. The van der Waals surface area contributed by atoms with Gasteiger partial charge in [-0.2, -0.15) is 0 Å². The monoisotopic (exact) mass is 370 g/mol. The Kier molecular flexibility index (Phi) is 4.02. The van der Waals surface area contributed by atoms with Crippen LogP contribution in [-0.2, 0) is 7.05 Å². The zero-order chi connectivity index (χ0) is 19.2. The topological polar surface area (TPSA) is 8.81 Å². The number of aryl methyl sites for hydroxylation is 1. The van der Waals surface area contributed by atoms with Crippen molar-refractivity contribution in [1.82, 2.24) is 4.57 Å². The average molecular weight is 370 g/mol. The van der Waals surface area contributed by atoms with Crippen LogP contribution in [0.5, 0.6) is 0 Å². The van der Waals surface area contributed by atoms with Gasteiger partial charge in [-0.1, -0.05) is 42.5 Å². The average Bonchev–Trinajstić information content (AvgIpc) is 3.04. The second-order valence-electron chi connectivity index (χ2n) is 6.42. The summed E-state index contributed by atoms with van der Waals surface area (Å²) in [7, 11) is -3.95. The second kappa shape index (κ2) is 6.26. The molecule has 0 saturated heterocycles. The van der Waals surface area contributed by atoms with Crippen molar-refractivity contribution < 1.29 is 21.8 Å². The van der Waals surface area contributed by atoms with E-state index in [1.54, 1.807) is 0 Å². The van der Waals surface area contributed by atoms with Gasteiger partial charge in [-0.25, -0.2) is 9.13 Å². The van der Waals surface area contributed by atoms with Gasteiger partial charge >= 0.3 is 7.25 Å². The summed E-state index contributed by atoms with van der Waals surface area (Å²) < 4.78 is 43.3. The Balaban J connectivity index is 0.000000323. The first-order valence-electron chi connectivity index (χ1n) is 8.39. The fraction of sp³-hybridized carbons (Fsp3) is 0.0500. The molecular formula is C20H15BF4N2. The second-order valence-corrected chi connectivity index (χ2v) is 6.42. The molecule has 0 spiro atoms. The lowest BCUT2D eigenvalue weighted by Gasteiger charge is -2.12. The molecule has 5 aromatic rings. The molecule has 0 amide bonds. The highest BCUT2D eigenvalue weighted by Gasteiger charge is 2.20. The molecule has 2 nitrogen and oxygen atoms in total. The summed E-state index contributed by atoms with van der Waals surface area (Å²) >= 11 is 0. The van der Waals surface area contributed by atoms with Crippen molar-refractivity contribution in [3.8, 4) is 5.69 Å². The van der Waals surface area contributed by atoms with E-state index in [1.165, 1.54) is 38.0 Å². The van der Waals surface area contributed by atoms with E-state index in [-0.39, 0.29) is 0 Å². The van der Waals surface area contributed by atoms with E-state index in [9.17, 15) is 17.3 Å². The maximum Gasteiger partial charge on any atom is 0.673 e. The fourth-order valence-corrected chi connectivity index (χ4v) is 3.54. The number of imidazole rings is 1. The summed E-state index contributed by atoms with van der Waals surface area (Å²) in [4.78, 5) is 0. The number of hydrogen-bond donors (Lipinski definition) is 0. The lowest BCUT2D eigenvalue weighted by molar-refractivity contribution is -0.670. The highest BCUT2D eigenvalue weighted by molar-refractivity contribution is 6.50. The first-order chi connectivity index (χ1) is 12.8. The van der Waals surface area contributed by atoms with Gasteiger partial charge < -0.3 is 17.3 Å². The van der Waals surface area contributed by atoms with Gasteiger partial charge in [0.15, 0.2) is 0 Å². The molecule has 0 fully saturated rings. The van der Waals surface area contributed by atoms with Crippen molar-refractivity contribution in [2.45, 2.75) is 0 Å². The molecule has 0 saturated carbocycles. The predicted molar refractivity (Wildman–Crippen MR) is 101 cm³/mol. The number of aromatic nitrogens is 2. The van der Waals surface area contributed by atoms with E-state index in [1.807, 2.05) is 7.05 Å². The Bertz CT molecular complexity index is 1220. The smallest absolute Gasteiger partial charge is 0.418 e. The summed E-state index contributed by atoms with van der Waals surface area (Å²) in [6.45, 7) is 0. The van der Waals surface area contributed by atoms with E-state index in [0.29, 0.717) is 0 Å². The minimum Gasteiger partial charge on any atom is -0.418 e. The van der Waals surface area contributed by atoms with Crippen molar-refractivity contribution in [2.75, 3.05) is 0 Å². The molecule has 1 aromatic heterocycles. The zero-order valence-electron chi connectivity index (χ0n) is 14.4. The third-order valence-corrected chi connectivity index (χ3v) is 4.55. The summed E-state index contributed by atoms with van der Waals surface area (Å²) in [6, 6.07) is 19.9. The minimum atomic E-state index is -6.00. The SMILES string of the molecule is C[n+]1ccn(-c2ccc3ccc4cccc5ccc2c3c45)c1.F[B-](F)(F)F. The number of rotatable bonds is 1. The van der Waals surface area contributed by atoms with Crippen LogP contribution in [0.4, 0.5) is 17.3 Å². The molecule has 0 atom stereocenters. The van der Waals surface area contributed by atoms with Crippen molar-refractivity contribution in [3.05, 3.63) is 73.3 Å². The summed E-state index contributed by atoms with van der Waals surface area (Å²) in [5.74, 6) is 0. The molecule has 7 heteroatoms. The van der Waals surface area contributed by atoms with Crippen LogP contribution in [0.15, 0.2) is 73.3 Å². The zero-order valence-corrected chi connectivity index (χ0v) is 14.4. The predicted octanol–water partition coefficient (Wildman–Crippen LogP) is 5.50. The van der Waals surface area contributed by atoms with Crippen LogP contribution in [0.25, 0.3) is 38.0 Å². The van der Waals surface area contributed by atoms with E-state index in [2.05, 4.69) is 82.5 Å². The van der Waals surface area contributed by atoms with Crippen LogP contribution < -0.4 is 4.57 Å². The van der Waals surface area contributed by atoms with Crippen molar-refractivity contribution in [3.63, 3.8) is 0 Å². The van der Waals surface area contributed by atoms with Crippen LogP contribution in [0.2, 0.25) is 0 Å². The van der Waals surface area contributed by atoms with Gasteiger partial charge in [0.05, 0.1) is 7.05 Å². The van der Waals surface area contributed by atoms with Gasteiger partial charge in [0.25, 0.3) is 0 Å². The highest BCUT2D eigenvalue weighted by Crippen LogP contribution is 2.36. The third-order valence-electron chi connectivity index (χ3n) is 4.55. The summed E-state index contributed by atoms with van der Waals surface area (Å²) in [6.07, 6.45) is 6.27. The van der Waals surface area contributed by atoms with Crippen molar-refractivity contribution in [1.29, 1.82) is 0 Å². The number of hydrogen-bond acceptors (Lipinski definition) is 0. The molecule has 136 valence electrons. The fourth-order valence-electron chi connectivity index (χ4n) is 3.54. The molecular weight excluding hydrogens is 355 g/mol. The van der Waals surface area contributed by atoms with Crippen LogP contribution >= 0.6 is 0 Å². The lowest BCUT2D eigenvalue weighted by atomic mass is 9.93. The van der Waals surface area contributed by atoms with Gasteiger partial charge in [0, 0.05) is 10.8 Å². The van der Waals surface area contributed by atoms with Gasteiger partial charge in [0.2, 0.25) is 6.33 Å². The van der Waals surface area contributed by atoms with Crippen LogP contribution in [0, 0.1) is 0 Å². The summed E-state index contributed by atoms with van der Waals surface area (Å²) in [5, 5.41) is 7.97. The Morgan fingerprint density at radius 1 is 0.778 bits per heavy atom. The first-order valence-corrected chi connectivity index (χ1v) is 8.39. The molecule has 27 heavy (non-hydrogen) atoms. The van der Waals surface area contributed by atoms with E-state index in [0.717, 1.165) is 0 Å².